The molecular formula is C18H14BrFO4. The number of hydrogen-bond donors (Lipinski definition) is 0. The Kier molecular flexibility index (Phi) is 6.26. The number of carbonyl (C=O) groups excluding carboxylic acids is 2. The van der Waals surface area contributed by atoms with Crippen molar-refractivity contribution >= 4 is 33.8 Å². The van der Waals surface area contributed by atoms with Gasteiger partial charge in [0, 0.05) is 15.6 Å². The van der Waals surface area contributed by atoms with Crippen molar-refractivity contribution in [3.05, 3.63) is 70.0 Å². The Morgan fingerprint density at radius 3 is 2.54 bits per heavy atom. The van der Waals surface area contributed by atoms with Gasteiger partial charge in [-0.2, -0.15) is 0 Å². The standard InChI is InChI=1S/C18H14BrFO4/c1-23-18(22)11-24-15-6-2-12(3-7-15)17(21)9-4-13-10-14(19)5-8-16(13)20/h2-10H,11H2,1H3/b9-4+. The van der Waals surface area contributed by atoms with Crippen molar-refractivity contribution in [2.75, 3.05) is 13.7 Å². The fourth-order valence-corrected chi connectivity index (χ4v) is 2.20. The van der Waals surface area contributed by atoms with Crippen LogP contribution in [0.1, 0.15) is 15.9 Å². The minimum atomic E-state index is -0.492. The van der Waals surface area contributed by atoms with Crippen LogP contribution in [0.25, 0.3) is 6.08 Å². The van der Waals surface area contributed by atoms with Gasteiger partial charge < -0.3 is 9.47 Å². The molecule has 0 radical (unpaired) electrons. The molecule has 2 aromatic rings. The van der Waals surface area contributed by atoms with Crippen molar-refractivity contribution in [3.8, 4) is 5.75 Å². The third kappa shape index (κ3) is 5.03. The molecule has 0 heterocycles. The van der Waals surface area contributed by atoms with E-state index in [0.717, 1.165) is 4.47 Å². The van der Waals surface area contributed by atoms with E-state index >= 15 is 0 Å². The summed E-state index contributed by atoms with van der Waals surface area (Å²) in [6.07, 6.45) is 2.72. The molecule has 0 atom stereocenters. The maximum atomic E-state index is 13.6. The smallest absolute Gasteiger partial charge is 0.343 e. The summed E-state index contributed by atoms with van der Waals surface area (Å²) < 4.78 is 24.0. The second-order valence-corrected chi connectivity index (χ2v) is 5.67. The SMILES string of the molecule is COC(=O)COc1ccc(C(=O)/C=C/c2cc(Br)ccc2F)cc1. The zero-order chi connectivity index (χ0) is 17.5. The number of carbonyl (C=O) groups is 2. The fraction of sp³-hybridized carbons (Fsp3) is 0.111. The summed E-state index contributed by atoms with van der Waals surface area (Å²) in [6.45, 7) is -0.203. The largest absolute Gasteiger partial charge is 0.482 e. The van der Waals surface area contributed by atoms with E-state index in [-0.39, 0.29) is 12.4 Å². The predicted octanol–water partition coefficient (Wildman–Crippen LogP) is 4.04. The van der Waals surface area contributed by atoms with E-state index in [9.17, 15) is 14.0 Å². The average Bonchev–Trinajstić information content (AvgIpc) is 2.60. The van der Waals surface area contributed by atoms with Crippen LogP contribution in [-0.2, 0) is 9.53 Å². The summed E-state index contributed by atoms with van der Waals surface area (Å²) in [5.41, 5.74) is 0.739. The highest BCUT2D eigenvalue weighted by atomic mass is 79.9. The summed E-state index contributed by atoms with van der Waals surface area (Å²) in [5, 5.41) is 0. The summed E-state index contributed by atoms with van der Waals surface area (Å²) >= 11 is 3.25. The lowest BCUT2D eigenvalue weighted by Crippen LogP contribution is -2.12. The number of hydrogen-bond acceptors (Lipinski definition) is 4. The zero-order valence-electron chi connectivity index (χ0n) is 12.8. The van der Waals surface area contributed by atoms with Crippen molar-refractivity contribution in [3.63, 3.8) is 0 Å². The molecule has 124 valence electrons. The first-order chi connectivity index (χ1) is 11.5. The lowest BCUT2D eigenvalue weighted by molar-refractivity contribution is -0.142. The fourth-order valence-electron chi connectivity index (χ4n) is 1.82. The molecule has 0 aliphatic rings. The Morgan fingerprint density at radius 2 is 1.88 bits per heavy atom. The molecule has 0 bridgehead atoms. The molecule has 24 heavy (non-hydrogen) atoms. The molecule has 0 aliphatic carbocycles. The van der Waals surface area contributed by atoms with Gasteiger partial charge in [-0.3, -0.25) is 4.79 Å². The van der Waals surface area contributed by atoms with Crippen LogP contribution in [0, 0.1) is 5.82 Å². The lowest BCUT2D eigenvalue weighted by atomic mass is 10.1. The minimum absolute atomic E-state index is 0.203. The number of ketones is 1. The molecule has 0 N–H and O–H groups in total. The molecule has 2 aromatic carbocycles. The molecular weight excluding hydrogens is 379 g/mol. The summed E-state index contributed by atoms with van der Waals surface area (Å²) in [5.74, 6) is -0.726. The van der Waals surface area contributed by atoms with Gasteiger partial charge >= 0.3 is 5.97 Å². The lowest BCUT2D eigenvalue weighted by Gasteiger charge is -2.05. The van der Waals surface area contributed by atoms with Gasteiger partial charge in [0.15, 0.2) is 12.4 Å². The van der Waals surface area contributed by atoms with Gasteiger partial charge in [-0.1, -0.05) is 15.9 Å². The first kappa shape index (κ1) is 17.9. The van der Waals surface area contributed by atoms with E-state index in [1.54, 1.807) is 36.4 Å². The maximum absolute atomic E-state index is 13.6. The number of benzene rings is 2. The van der Waals surface area contributed by atoms with Crippen molar-refractivity contribution in [2.24, 2.45) is 0 Å². The number of esters is 1. The molecule has 6 heteroatoms. The van der Waals surface area contributed by atoms with Gasteiger partial charge in [0.25, 0.3) is 0 Å². The molecule has 0 unspecified atom stereocenters. The number of methoxy groups -OCH3 is 1. The molecule has 0 saturated carbocycles. The van der Waals surface area contributed by atoms with E-state index in [1.807, 2.05) is 0 Å². The highest BCUT2D eigenvalue weighted by molar-refractivity contribution is 9.10. The molecule has 0 fully saturated rings. The summed E-state index contributed by atoms with van der Waals surface area (Å²) in [6, 6.07) is 10.8. The van der Waals surface area contributed by atoms with Crippen molar-refractivity contribution in [1.82, 2.24) is 0 Å². The molecule has 0 aliphatic heterocycles. The van der Waals surface area contributed by atoms with Crippen LogP contribution < -0.4 is 4.74 Å². The first-order valence-electron chi connectivity index (χ1n) is 6.97. The Bertz CT molecular complexity index is 769. The van der Waals surface area contributed by atoms with Gasteiger partial charge in [-0.05, 0) is 54.6 Å². The monoisotopic (exact) mass is 392 g/mol. The normalized spacial score (nSPS) is 10.6. The Hall–Kier alpha value is -2.47. The predicted molar refractivity (Wildman–Crippen MR) is 91.4 cm³/mol. The van der Waals surface area contributed by atoms with Gasteiger partial charge in [-0.15, -0.1) is 0 Å². The second-order valence-electron chi connectivity index (χ2n) is 4.75. The van der Waals surface area contributed by atoms with Crippen LogP contribution in [0.4, 0.5) is 4.39 Å². The van der Waals surface area contributed by atoms with Gasteiger partial charge in [-0.25, -0.2) is 9.18 Å². The third-order valence-corrected chi connectivity index (χ3v) is 3.59. The average molecular weight is 393 g/mol. The van der Waals surface area contributed by atoms with Crippen LogP contribution >= 0.6 is 15.9 Å². The number of ether oxygens (including phenoxy) is 2. The van der Waals surface area contributed by atoms with Crippen LogP contribution in [-0.4, -0.2) is 25.5 Å². The molecule has 0 aromatic heterocycles. The van der Waals surface area contributed by atoms with Crippen molar-refractivity contribution < 1.29 is 23.5 Å². The Labute approximate surface area is 147 Å². The minimum Gasteiger partial charge on any atom is -0.482 e. The van der Waals surface area contributed by atoms with E-state index in [0.29, 0.717) is 16.9 Å². The van der Waals surface area contributed by atoms with E-state index < -0.39 is 11.8 Å². The van der Waals surface area contributed by atoms with Crippen molar-refractivity contribution in [2.45, 2.75) is 0 Å². The summed E-state index contributed by atoms with van der Waals surface area (Å²) in [7, 11) is 1.27. The van der Waals surface area contributed by atoms with Crippen LogP contribution in [0.15, 0.2) is 53.0 Å². The number of rotatable bonds is 6. The first-order valence-corrected chi connectivity index (χ1v) is 7.76. The molecule has 0 spiro atoms. The number of allylic oxidation sites excluding steroid dienone is 1. The maximum Gasteiger partial charge on any atom is 0.343 e. The second kappa shape index (κ2) is 8.40. The van der Waals surface area contributed by atoms with Crippen LogP contribution in [0.5, 0.6) is 5.75 Å². The molecule has 0 saturated heterocycles. The van der Waals surface area contributed by atoms with E-state index in [2.05, 4.69) is 20.7 Å². The van der Waals surface area contributed by atoms with Gasteiger partial charge in [0.1, 0.15) is 11.6 Å². The van der Waals surface area contributed by atoms with E-state index in [4.69, 9.17) is 4.74 Å². The topological polar surface area (TPSA) is 52.6 Å². The Balaban J connectivity index is 2.03. The number of halogens is 2. The molecule has 0 amide bonds. The van der Waals surface area contributed by atoms with Crippen LogP contribution in [0.2, 0.25) is 0 Å². The third-order valence-electron chi connectivity index (χ3n) is 3.10. The van der Waals surface area contributed by atoms with Gasteiger partial charge in [0.05, 0.1) is 7.11 Å². The Morgan fingerprint density at radius 1 is 1.17 bits per heavy atom. The van der Waals surface area contributed by atoms with E-state index in [1.165, 1.54) is 25.3 Å². The highest BCUT2D eigenvalue weighted by Gasteiger charge is 2.05. The highest BCUT2D eigenvalue weighted by Crippen LogP contribution is 2.18. The van der Waals surface area contributed by atoms with Crippen molar-refractivity contribution in [1.29, 1.82) is 0 Å². The molecule has 2 rings (SSSR count). The summed E-state index contributed by atoms with van der Waals surface area (Å²) in [4.78, 5) is 23.1. The van der Waals surface area contributed by atoms with Crippen LogP contribution in [0.3, 0.4) is 0 Å². The quantitative estimate of drug-likeness (QED) is 0.423. The zero-order valence-corrected chi connectivity index (χ0v) is 14.4. The molecule has 4 nitrogen and oxygen atoms in total. The van der Waals surface area contributed by atoms with Gasteiger partial charge in [0.2, 0.25) is 0 Å².